The second-order valence-electron chi connectivity index (χ2n) is 6.51. The molecule has 3 aromatic carbocycles. The highest BCUT2D eigenvalue weighted by molar-refractivity contribution is 6.09. The van der Waals surface area contributed by atoms with E-state index in [0.29, 0.717) is 11.3 Å². The molecule has 0 aliphatic carbocycles. The summed E-state index contributed by atoms with van der Waals surface area (Å²) in [6.45, 7) is 1.81. The minimum atomic E-state index is -0.609. The third-order valence-corrected chi connectivity index (χ3v) is 4.40. The lowest BCUT2D eigenvalue weighted by Gasteiger charge is -2.11. The van der Waals surface area contributed by atoms with Crippen molar-refractivity contribution < 1.29 is 19.6 Å². The fraction of sp³-hybridized carbons (Fsp3) is 0.0455. The molecule has 3 aromatic rings. The SMILES string of the molecule is Cc1ccccc1C(=O)Nc1ccccc1C(=O)NN=Cc1cc([N+](=O)[O-])ccc1O. The van der Waals surface area contributed by atoms with Crippen LogP contribution in [0.25, 0.3) is 0 Å². The number of hydrogen-bond acceptors (Lipinski definition) is 6. The molecule has 0 radical (unpaired) electrons. The summed E-state index contributed by atoms with van der Waals surface area (Å²) in [7, 11) is 0. The first-order chi connectivity index (χ1) is 14.9. The zero-order valence-corrected chi connectivity index (χ0v) is 16.4. The maximum atomic E-state index is 12.6. The van der Waals surface area contributed by atoms with Crippen LogP contribution < -0.4 is 10.7 Å². The highest BCUT2D eigenvalue weighted by Crippen LogP contribution is 2.21. The van der Waals surface area contributed by atoms with Gasteiger partial charge in [0.05, 0.1) is 22.4 Å². The number of anilines is 1. The quantitative estimate of drug-likeness (QED) is 0.319. The number of hydrogen-bond donors (Lipinski definition) is 3. The minimum absolute atomic E-state index is 0.0654. The molecule has 0 aliphatic rings. The number of nitrogens with one attached hydrogen (secondary N) is 2. The Hall–Kier alpha value is -4.53. The molecule has 3 N–H and O–H groups in total. The fourth-order valence-electron chi connectivity index (χ4n) is 2.79. The summed E-state index contributed by atoms with van der Waals surface area (Å²) in [5.74, 6) is -1.19. The van der Waals surface area contributed by atoms with Crippen molar-refractivity contribution in [3.63, 3.8) is 0 Å². The van der Waals surface area contributed by atoms with Gasteiger partial charge in [0, 0.05) is 23.3 Å². The Bertz CT molecular complexity index is 1190. The molecule has 9 nitrogen and oxygen atoms in total. The zero-order chi connectivity index (χ0) is 22.4. The molecule has 3 rings (SSSR count). The average molecular weight is 418 g/mol. The van der Waals surface area contributed by atoms with Crippen LogP contribution in [0, 0.1) is 17.0 Å². The summed E-state index contributed by atoms with van der Waals surface area (Å²) in [6.07, 6.45) is 1.09. The number of carbonyl (C=O) groups excluding carboxylic acids is 2. The van der Waals surface area contributed by atoms with E-state index in [2.05, 4.69) is 15.8 Å². The molecule has 0 saturated carbocycles. The summed E-state index contributed by atoms with van der Waals surface area (Å²) < 4.78 is 0. The molecule has 0 fully saturated rings. The predicted octanol–water partition coefficient (Wildman–Crippen LogP) is 3.63. The van der Waals surface area contributed by atoms with Gasteiger partial charge in [0.15, 0.2) is 0 Å². The Morgan fingerprint density at radius 2 is 1.68 bits per heavy atom. The van der Waals surface area contributed by atoms with Crippen LogP contribution in [0.1, 0.15) is 31.8 Å². The summed E-state index contributed by atoms with van der Waals surface area (Å²) in [5.41, 5.74) is 3.87. The number of para-hydroxylation sites is 1. The maximum absolute atomic E-state index is 12.6. The summed E-state index contributed by atoms with van der Waals surface area (Å²) >= 11 is 0. The smallest absolute Gasteiger partial charge is 0.273 e. The second-order valence-corrected chi connectivity index (χ2v) is 6.51. The number of nitro benzene ring substituents is 1. The van der Waals surface area contributed by atoms with E-state index in [1.54, 1.807) is 30.3 Å². The van der Waals surface area contributed by atoms with Gasteiger partial charge >= 0.3 is 0 Å². The molecule has 156 valence electrons. The first-order valence-electron chi connectivity index (χ1n) is 9.13. The molecule has 0 saturated heterocycles. The number of non-ortho nitro benzene ring substituents is 1. The number of amides is 2. The van der Waals surface area contributed by atoms with Gasteiger partial charge in [0.2, 0.25) is 0 Å². The molecule has 31 heavy (non-hydrogen) atoms. The lowest BCUT2D eigenvalue weighted by Crippen LogP contribution is -2.21. The van der Waals surface area contributed by atoms with Crippen molar-refractivity contribution in [2.75, 3.05) is 5.32 Å². The molecule has 0 aliphatic heterocycles. The Morgan fingerprint density at radius 1 is 1.00 bits per heavy atom. The van der Waals surface area contributed by atoms with Crippen LogP contribution in [-0.4, -0.2) is 28.1 Å². The van der Waals surface area contributed by atoms with Crippen molar-refractivity contribution in [3.05, 3.63) is 99.1 Å². The van der Waals surface area contributed by atoms with Crippen LogP contribution in [0.4, 0.5) is 11.4 Å². The number of aromatic hydroxyl groups is 1. The Kier molecular flexibility index (Phi) is 6.36. The van der Waals surface area contributed by atoms with E-state index in [1.165, 1.54) is 6.07 Å². The van der Waals surface area contributed by atoms with Crippen molar-refractivity contribution in [3.8, 4) is 5.75 Å². The molecule has 0 heterocycles. The van der Waals surface area contributed by atoms with Gasteiger partial charge < -0.3 is 10.4 Å². The minimum Gasteiger partial charge on any atom is -0.507 e. The number of nitrogens with zero attached hydrogens (tertiary/aromatic N) is 2. The molecule has 2 amide bonds. The van der Waals surface area contributed by atoms with E-state index in [-0.39, 0.29) is 28.5 Å². The normalized spacial score (nSPS) is 10.6. The fourth-order valence-corrected chi connectivity index (χ4v) is 2.79. The lowest BCUT2D eigenvalue weighted by atomic mass is 10.1. The van der Waals surface area contributed by atoms with Crippen molar-refractivity contribution in [2.24, 2.45) is 5.10 Å². The molecular weight excluding hydrogens is 400 g/mol. The van der Waals surface area contributed by atoms with Crippen molar-refractivity contribution in [1.29, 1.82) is 0 Å². The monoisotopic (exact) mass is 418 g/mol. The number of aryl methyl sites for hydroxylation is 1. The number of rotatable bonds is 6. The van der Waals surface area contributed by atoms with Crippen LogP contribution in [0.15, 0.2) is 71.8 Å². The number of phenols is 1. The van der Waals surface area contributed by atoms with E-state index < -0.39 is 10.8 Å². The Morgan fingerprint density at radius 3 is 2.39 bits per heavy atom. The van der Waals surface area contributed by atoms with E-state index in [1.807, 2.05) is 19.1 Å². The van der Waals surface area contributed by atoms with Crippen LogP contribution in [0.5, 0.6) is 5.75 Å². The van der Waals surface area contributed by atoms with Gasteiger partial charge in [-0.25, -0.2) is 5.43 Å². The summed E-state index contributed by atoms with van der Waals surface area (Å²) in [5, 5.41) is 27.1. The van der Waals surface area contributed by atoms with Crippen LogP contribution in [0.2, 0.25) is 0 Å². The van der Waals surface area contributed by atoms with E-state index in [9.17, 15) is 24.8 Å². The van der Waals surface area contributed by atoms with Gasteiger partial charge in [-0.15, -0.1) is 0 Å². The summed E-state index contributed by atoms with van der Waals surface area (Å²) in [4.78, 5) is 35.4. The standard InChI is InChI=1S/C22H18N4O5/c1-14-6-2-3-7-17(14)21(28)24-19-9-5-4-8-18(19)22(29)25-23-13-15-12-16(26(30)31)10-11-20(15)27/h2-13,27H,1H3,(H,24,28)(H,25,29). The number of benzene rings is 3. The van der Waals surface area contributed by atoms with Crippen LogP contribution in [-0.2, 0) is 0 Å². The largest absolute Gasteiger partial charge is 0.507 e. The van der Waals surface area contributed by atoms with Gasteiger partial charge in [-0.2, -0.15) is 5.10 Å². The van der Waals surface area contributed by atoms with Crippen molar-refractivity contribution in [2.45, 2.75) is 6.92 Å². The predicted molar refractivity (Wildman–Crippen MR) is 115 cm³/mol. The molecule has 0 spiro atoms. The van der Waals surface area contributed by atoms with Gasteiger partial charge in [-0.3, -0.25) is 19.7 Å². The maximum Gasteiger partial charge on any atom is 0.273 e. The molecule has 0 atom stereocenters. The molecule has 9 heteroatoms. The average Bonchev–Trinajstić information content (AvgIpc) is 2.75. The van der Waals surface area contributed by atoms with E-state index in [4.69, 9.17) is 0 Å². The second kappa shape index (κ2) is 9.31. The van der Waals surface area contributed by atoms with E-state index in [0.717, 1.165) is 30.0 Å². The van der Waals surface area contributed by atoms with Crippen molar-refractivity contribution in [1.82, 2.24) is 5.43 Å². The first kappa shape index (κ1) is 21.2. The Balaban J connectivity index is 1.75. The topological polar surface area (TPSA) is 134 Å². The zero-order valence-electron chi connectivity index (χ0n) is 16.4. The number of carbonyl (C=O) groups is 2. The molecular formula is C22H18N4O5. The lowest BCUT2D eigenvalue weighted by molar-refractivity contribution is -0.384. The van der Waals surface area contributed by atoms with Gasteiger partial charge in [0.25, 0.3) is 17.5 Å². The Labute approximate surface area is 177 Å². The van der Waals surface area contributed by atoms with Gasteiger partial charge in [0.1, 0.15) is 5.75 Å². The first-order valence-corrected chi connectivity index (χ1v) is 9.13. The summed E-state index contributed by atoms with van der Waals surface area (Å²) in [6, 6.07) is 16.9. The highest BCUT2D eigenvalue weighted by Gasteiger charge is 2.15. The number of phenolic OH excluding ortho intramolecular Hbond substituents is 1. The van der Waals surface area contributed by atoms with Crippen molar-refractivity contribution >= 4 is 29.4 Å². The van der Waals surface area contributed by atoms with Gasteiger partial charge in [-0.05, 0) is 36.8 Å². The van der Waals surface area contributed by atoms with E-state index >= 15 is 0 Å². The molecule has 0 bridgehead atoms. The highest BCUT2D eigenvalue weighted by atomic mass is 16.6. The number of nitro groups is 1. The third kappa shape index (κ3) is 5.10. The molecule has 0 aromatic heterocycles. The third-order valence-electron chi connectivity index (χ3n) is 4.40. The van der Waals surface area contributed by atoms with Crippen LogP contribution in [0.3, 0.4) is 0 Å². The number of hydrazone groups is 1. The van der Waals surface area contributed by atoms with Gasteiger partial charge in [-0.1, -0.05) is 30.3 Å². The molecule has 0 unspecified atom stereocenters. The van der Waals surface area contributed by atoms with Crippen LogP contribution >= 0.6 is 0 Å².